The van der Waals surface area contributed by atoms with Crippen LogP contribution in [0.5, 0.6) is 0 Å². The van der Waals surface area contributed by atoms with E-state index < -0.39 is 199 Å². The summed E-state index contributed by atoms with van der Waals surface area (Å²) in [6.45, 7) is 0.807. The molecule has 29 heteroatoms. The molecule has 0 bridgehead atoms. The monoisotopic (exact) mass is 1150 g/mol. The molecule has 0 aliphatic heterocycles. The van der Waals surface area contributed by atoms with Gasteiger partial charge in [-0.15, -0.1) is 0 Å². The van der Waals surface area contributed by atoms with E-state index in [4.69, 9.17) is 34.8 Å². The Labute approximate surface area is 414 Å². The Bertz CT molecular complexity index is 2510. The molecule has 0 saturated carbocycles. The van der Waals surface area contributed by atoms with Crippen molar-refractivity contribution in [3.63, 3.8) is 0 Å². The van der Waals surface area contributed by atoms with Crippen LogP contribution in [0.3, 0.4) is 0 Å². The molecule has 400 valence electrons. The van der Waals surface area contributed by atoms with Gasteiger partial charge in [-0.25, -0.2) is 4.57 Å². The van der Waals surface area contributed by atoms with Gasteiger partial charge in [0.1, 0.15) is 6.15 Å². The first-order chi connectivity index (χ1) is 33.3. The molecule has 0 saturated heterocycles. The molecular weight excluding hydrogens is 1130 g/mol. The quantitative estimate of drug-likeness (QED) is 0.0677. The molecule has 0 unspecified atom stereocenters. The van der Waals surface area contributed by atoms with E-state index in [0.29, 0.717) is 5.56 Å². The Hall–Kier alpha value is -5.50. The van der Waals surface area contributed by atoms with Crippen molar-refractivity contribution in [2.24, 2.45) is 0 Å². The second-order valence-electron chi connectivity index (χ2n) is 16.0. The van der Waals surface area contributed by atoms with E-state index in [1.807, 2.05) is 47.3 Å². The van der Waals surface area contributed by atoms with Gasteiger partial charge in [-0.2, -0.15) is 127 Å². The van der Waals surface area contributed by atoms with Crippen molar-refractivity contribution < 1.29 is 110 Å². The number of alkyl halides is 27. The smallest absolute Gasteiger partial charge is 0.201 e. The molecule has 1 aromatic heterocycles. The number of nitrogens with zero attached hydrogens (tertiary/aromatic N) is 1. The molecule has 0 N–H and O–H groups in total. The highest BCUT2D eigenvalue weighted by atomic mass is 35.6. The first-order valence-electron chi connectivity index (χ1n) is 19.8. The van der Waals surface area contributed by atoms with E-state index in [-0.39, 0.29) is 0 Å². The van der Waals surface area contributed by atoms with Crippen LogP contribution >= 0.6 is 34.8 Å². The van der Waals surface area contributed by atoms with Gasteiger partial charge in [0.2, 0.25) is 3.79 Å². The number of pyridine rings is 1. The number of aromatic nitrogens is 1. The van der Waals surface area contributed by atoms with Crippen molar-refractivity contribution in [1.29, 1.82) is 0 Å². The molecule has 0 atom stereocenters. The van der Waals surface area contributed by atoms with Gasteiger partial charge in [0.15, 0.2) is 18.9 Å². The fourth-order valence-corrected chi connectivity index (χ4v) is 7.99. The summed E-state index contributed by atoms with van der Waals surface area (Å²) in [5.74, 6) is 0. The second-order valence-corrected chi connectivity index (χ2v) is 18.2. The zero-order valence-electron chi connectivity index (χ0n) is 35.6. The lowest BCUT2D eigenvalue weighted by Crippen LogP contribution is -2.75. The van der Waals surface area contributed by atoms with Gasteiger partial charge < -0.3 is 0 Å². The summed E-state index contributed by atoms with van der Waals surface area (Å²) in [4.78, 5) is 0. The van der Waals surface area contributed by atoms with Crippen LogP contribution < -0.4 is 26.4 Å². The third kappa shape index (κ3) is 14.1. The topological polar surface area (TPSA) is 3.88 Å². The number of hydrogen-bond donors (Lipinski definition) is 0. The van der Waals surface area contributed by atoms with Crippen molar-refractivity contribution in [3.05, 3.63) is 183 Å². The Balaban J connectivity index is 0.000000500. The van der Waals surface area contributed by atoms with Crippen molar-refractivity contribution >= 4 is 62.8 Å². The zero-order chi connectivity index (χ0) is 56.2. The highest BCUT2D eigenvalue weighted by molar-refractivity contribution is 7.20. The lowest BCUT2D eigenvalue weighted by Gasteiger charge is -2.46. The summed E-state index contributed by atoms with van der Waals surface area (Å²) in [6.07, 6.45) is -51.0. The van der Waals surface area contributed by atoms with Crippen molar-refractivity contribution in [2.75, 3.05) is 0 Å². The molecular formula is C45H23BCl3F24N. The van der Waals surface area contributed by atoms with Crippen LogP contribution in [0.4, 0.5) is 105 Å². The van der Waals surface area contributed by atoms with Crippen LogP contribution in [0.2, 0.25) is 0 Å². The van der Waals surface area contributed by atoms with Crippen LogP contribution in [-0.2, 0) is 59.7 Å². The third-order valence-electron chi connectivity index (χ3n) is 10.9. The summed E-state index contributed by atoms with van der Waals surface area (Å²) in [5.41, 5.74) is -28.3. The highest BCUT2D eigenvalue weighted by Gasteiger charge is 2.47. The number of halogens is 27. The average molecular weight is 1150 g/mol. The Kier molecular flexibility index (Phi) is 16.2. The molecule has 0 spiro atoms. The van der Waals surface area contributed by atoms with Crippen molar-refractivity contribution in [2.45, 2.75) is 59.7 Å². The predicted octanol–water partition coefficient (Wildman–Crippen LogP) is 15.1. The summed E-state index contributed by atoms with van der Waals surface area (Å²) in [5, 5.41) is 0. The molecule has 0 radical (unpaired) electrons. The number of benzene rings is 5. The molecule has 1 heterocycles. The van der Waals surface area contributed by atoms with Gasteiger partial charge in [-0.1, -0.05) is 114 Å². The van der Waals surface area contributed by atoms with E-state index >= 15 is 0 Å². The summed E-state index contributed by atoms with van der Waals surface area (Å²) < 4.78 is 342. The van der Waals surface area contributed by atoms with Gasteiger partial charge in [-0.3, -0.25) is 0 Å². The minimum atomic E-state index is -6.13. The normalized spacial score (nSPS) is 13.7. The van der Waals surface area contributed by atoms with E-state index in [1.54, 1.807) is 0 Å². The molecule has 0 aliphatic carbocycles. The minimum Gasteiger partial charge on any atom is -0.201 e. The first-order valence-corrected chi connectivity index (χ1v) is 20.9. The zero-order valence-corrected chi connectivity index (χ0v) is 37.8. The van der Waals surface area contributed by atoms with E-state index in [2.05, 4.69) is 12.1 Å². The van der Waals surface area contributed by atoms with Crippen molar-refractivity contribution in [1.82, 2.24) is 0 Å². The molecule has 0 aliphatic rings. The SMILES string of the molecule is ClC(Cl)(Cl)c1cc[n+](Cc2ccccc2)cc1.FC(F)(F)c1cc([B-](c2cc(C(F)(F)F)cc(C(F)(F)F)c2)(c2cc(C(F)(F)F)cc(C(F)(F)F)c2)c2cc(C(F)(F)F)cc(C(F)(F)F)c2)cc(C(F)(F)F)c1. The largest absolute Gasteiger partial charge is 0.416 e. The van der Waals surface area contributed by atoms with E-state index in [9.17, 15) is 105 Å². The van der Waals surface area contributed by atoms with Crippen LogP contribution in [0.25, 0.3) is 0 Å². The molecule has 0 amide bonds. The Morgan fingerprint density at radius 2 is 0.514 bits per heavy atom. The molecule has 6 aromatic rings. The summed E-state index contributed by atoms with van der Waals surface area (Å²) in [7, 11) is 0. The lowest BCUT2D eigenvalue weighted by molar-refractivity contribution is -0.688. The average Bonchev–Trinajstić information content (AvgIpc) is 3.24. The fraction of sp³-hybridized carbons (Fsp3) is 0.222. The number of hydrogen-bond acceptors (Lipinski definition) is 0. The lowest BCUT2D eigenvalue weighted by atomic mass is 9.12. The fourth-order valence-electron chi connectivity index (χ4n) is 7.62. The van der Waals surface area contributed by atoms with Crippen LogP contribution in [-0.4, -0.2) is 6.15 Å². The molecule has 6 rings (SSSR count). The second kappa shape index (κ2) is 20.2. The maximum Gasteiger partial charge on any atom is 0.416 e. The minimum absolute atomic E-state index is 0.673. The highest BCUT2D eigenvalue weighted by Crippen LogP contribution is 2.42. The van der Waals surface area contributed by atoms with Crippen LogP contribution in [0.15, 0.2) is 128 Å². The van der Waals surface area contributed by atoms with Gasteiger partial charge in [0.05, 0.1) is 44.5 Å². The molecule has 0 fully saturated rings. The van der Waals surface area contributed by atoms with Crippen LogP contribution in [0, 0.1) is 0 Å². The molecule has 74 heavy (non-hydrogen) atoms. The molecule has 5 aromatic carbocycles. The van der Waals surface area contributed by atoms with Gasteiger partial charge in [-0.05, 0) is 24.3 Å². The summed E-state index contributed by atoms with van der Waals surface area (Å²) >= 11 is 17.4. The van der Waals surface area contributed by atoms with Gasteiger partial charge in [0.25, 0.3) is 0 Å². The van der Waals surface area contributed by atoms with Crippen molar-refractivity contribution in [3.8, 4) is 0 Å². The Morgan fingerprint density at radius 1 is 0.297 bits per heavy atom. The standard InChI is InChI=1S/C32H12BF24.C13H11Cl3N/c34-25(35,36)13-1-14(26(37,38)39)6-21(5-13)33(22-7-15(27(40,41)42)2-16(8-22)28(43,44)45,23-9-17(29(46,47)48)3-18(10-23)30(49,50)51)24-11-19(31(52,53)54)4-20(12-24)32(55,56)57;14-13(15,16)12-6-8-17(9-7-12)10-11-4-2-1-3-5-11/h1-12H;1-9H,10H2/q-1;+1. The first kappa shape index (κ1) is 59.4. The van der Waals surface area contributed by atoms with Crippen LogP contribution in [0.1, 0.15) is 55.6 Å². The maximum atomic E-state index is 14.2. The number of rotatable bonds is 6. The van der Waals surface area contributed by atoms with Gasteiger partial charge in [0, 0.05) is 23.3 Å². The predicted molar refractivity (Wildman–Crippen MR) is 221 cm³/mol. The van der Waals surface area contributed by atoms with Gasteiger partial charge >= 0.3 is 49.4 Å². The third-order valence-corrected chi connectivity index (χ3v) is 11.5. The van der Waals surface area contributed by atoms with E-state index in [0.717, 1.165) is 6.54 Å². The molecule has 1 nitrogen and oxygen atoms in total. The summed E-state index contributed by atoms with van der Waals surface area (Å²) in [6, 6.07) is 5.02. The maximum absolute atomic E-state index is 14.2. The van der Waals surface area contributed by atoms with E-state index in [1.165, 1.54) is 5.56 Å². The Morgan fingerprint density at radius 3 is 0.703 bits per heavy atom.